The summed E-state index contributed by atoms with van der Waals surface area (Å²) < 4.78 is 5.39. The number of thiophene rings is 2. The van der Waals surface area contributed by atoms with Crippen molar-refractivity contribution >= 4 is 106 Å². The molecule has 0 spiro atoms. The molecule has 0 radical (unpaired) electrons. The van der Waals surface area contributed by atoms with Gasteiger partial charge in [-0.2, -0.15) is 0 Å². The molecule has 2 heteroatoms. The van der Waals surface area contributed by atoms with E-state index < -0.39 is 0 Å². The number of hydrogen-bond acceptors (Lipinski definition) is 2. The highest BCUT2D eigenvalue weighted by atomic mass is 32.1. The van der Waals surface area contributed by atoms with Crippen LogP contribution >= 0.6 is 22.7 Å². The minimum Gasteiger partial charge on any atom is -0.135 e. The lowest BCUT2D eigenvalue weighted by molar-refractivity contribution is 1.71. The van der Waals surface area contributed by atoms with E-state index in [-0.39, 0.29) is 0 Å². The first-order valence-corrected chi connectivity index (χ1v) is 18.1. The zero-order valence-corrected chi connectivity index (χ0v) is 27.5. The standard InChI is InChI=1S/C46H26S2/c1-3-15-31-28(12-1)29-13-2-8-20-36(29)46-44(31)39-26-27(24-25-41(39)48-46)42-32-16-4-6-18-34(32)43(35-19-7-5-17-33(35)42)38-22-11-21-37-30-14-9-10-23-40(30)47-45(37)38/h1-26H. The van der Waals surface area contributed by atoms with Crippen molar-refractivity contribution in [3.63, 3.8) is 0 Å². The van der Waals surface area contributed by atoms with Crippen molar-refractivity contribution in [3.8, 4) is 22.3 Å². The Morgan fingerprint density at radius 3 is 1.48 bits per heavy atom. The van der Waals surface area contributed by atoms with E-state index in [1.165, 1.54) is 106 Å². The van der Waals surface area contributed by atoms with Crippen molar-refractivity contribution in [1.29, 1.82) is 0 Å². The summed E-state index contributed by atoms with van der Waals surface area (Å²) in [6, 6.07) is 58.7. The van der Waals surface area contributed by atoms with Gasteiger partial charge in [0.15, 0.2) is 0 Å². The predicted molar refractivity (Wildman–Crippen MR) is 213 cm³/mol. The van der Waals surface area contributed by atoms with Crippen molar-refractivity contribution in [2.24, 2.45) is 0 Å². The summed E-state index contributed by atoms with van der Waals surface area (Å²) in [6.07, 6.45) is 0. The van der Waals surface area contributed by atoms with Gasteiger partial charge in [0.1, 0.15) is 0 Å². The summed E-state index contributed by atoms with van der Waals surface area (Å²) in [7, 11) is 0. The minimum atomic E-state index is 1.26. The van der Waals surface area contributed by atoms with Gasteiger partial charge in [-0.25, -0.2) is 0 Å². The van der Waals surface area contributed by atoms with Crippen LogP contribution < -0.4 is 0 Å². The van der Waals surface area contributed by atoms with Gasteiger partial charge in [0, 0.05) is 51.3 Å². The molecule has 2 heterocycles. The van der Waals surface area contributed by atoms with Gasteiger partial charge in [-0.05, 0) is 72.6 Å². The summed E-state index contributed by atoms with van der Waals surface area (Å²) in [5, 5.41) is 15.9. The lowest BCUT2D eigenvalue weighted by Gasteiger charge is -2.18. The Labute approximate surface area is 284 Å². The molecule has 0 unspecified atom stereocenters. The van der Waals surface area contributed by atoms with Gasteiger partial charge in [0.05, 0.1) is 0 Å². The molecule has 0 N–H and O–H groups in total. The third-order valence-corrected chi connectivity index (χ3v) is 12.7. The molecular formula is C46H26S2. The summed E-state index contributed by atoms with van der Waals surface area (Å²) in [5.74, 6) is 0. The van der Waals surface area contributed by atoms with Gasteiger partial charge in [-0.15, -0.1) is 22.7 Å². The molecule has 222 valence electrons. The Kier molecular flexibility index (Phi) is 5.51. The predicted octanol–water partition coefficient (Wildman–Crippen LogP) is 14.4. The molecule has 0 saturated heterocycles. The van der Waals surface area contributed by atoms with E-state index in [1.807, 2.05) is 22.7 Å². The van der Waals surface area contributed by atoms with Crippen molar-refractivity contribution in [3.05, 3.63) is 158 Å². The second-order valence-corrected chi connectivity index (χ2v) is 14.8. The van der Waals surface area contributed by atoms with Crippen LogP contribution in [0.25, 0.3) is 106 Å². The molecule has 0 aliphatic carbocycles. The van der Waals surface area contributed by atoms with Crippen LogP contribution in [0.1, 0.15) is 0 Å². The van der Waals surface area contributed by atoms with E-state index in [4.69, 9.17) is 0 Å². The van der Waals surface area contributed by atoms with E-state index in [1.54, 1.807) is 0 Å². The normalized spacial score (nSPS) is 12.2. The van der Waals surface area contributed by atoms with Crippen molar-refractivity contribution in [2.45, 2.75) is 0 Å². The molecule has 0 aliphatic rings. The maximum atomic E-state index is 2.47. The first kappa shape index (κ1) is 26.5. The van der Waals surface area contributed by atoms with Gasteiger partial charge in [-0.1, -0.05) is 140 Å². The molecule has 0 fully saturated rings. The van der Waals surface area contributed by atoms with Crippen molar-refractivity contribution in [2.75, 3.05) is 0 Å². The molecular weight excluding hydrogens is 617 g/mol. The second-order valence-electron chi connectivity index (χ2n) is 12.7. The number of benzene rings is 9. The van der Waals surface area contributed by atoms with Crippen LogP contribution in [-0.2, 0) is 0 Å². The summed E-state index contributed by atoms with van der Waals surface area (Å²) in [6.45, 7) is 0. The zero-order valence-electron chi connectivity index (χ0n) is 25.8. The molecule has 48 heavy (non-hydrogen) atoms. The van der Waals surface area contributed by atoms with Crippen LogP contribution in [0.15, 0.2) is 158 Å². The molecule has 0 saturated carbocycles. The molecule has 9 aromatic carbocycles. The highest BCUT2D eigenvalue weighted by molar-refractivity contribution is 7.27. The quantitative estimate of drug-likeness (QED) is 0.130. The zero-order chi connectivity index (χ0) is 31.3. The van der Waals surface area contributed by atoms with Crippen LogP contribution in [0.4, 0.5) is 0 Å². The Morgan fingerprint density at radius 1 is 0.292 bits per heavy atom. The Balaban J connectivity index is 1.26. The van der Waals surface area contributed by atoms with Gasteiger partial charge < -0.3 is 0 Å². The van der Waals surface area contributed by atoms with E-state index in [2.05, 4.69) is 158 Å². The average Bonchev–Trinajstić information content (AvgIpc) is 3.73. The molecule has 0 nitrogen and oxygen atoms in total. The summed E-state index contributed by atoms with van der Waals surface area (Å²) >= 11 is 3.83. The third-order valence-electron chi connectivity index (χ3n) is 10.2. The fraction of sp³-hybridized carbons (Fsp3) is 0. The maximum Gasteiger partial charge on any atom is 0.0440 e. The first-order valence-electron chi connectivity index (χ1n) is 16.4. The summed E-state index contributed by atoms with van der Waals surface area (Å²) in [4.78, 5) is 0. The Bertz CT molecular complexity index is 3060. The fourth-order valence-corrected chi connectivity index (χ4v) is 10.7. The Morgan fingerprint density at radius 2 is 0.771 bits per heavy atom. The van der Waals surface area contributed by atoms with Crippen LogP contribution in [0, 0.1) is 0 Å². The highest BCUT2D eigenvalue weighted by Gasteiger charge is 2.20. The van der Waals surface area contributed by atoms with E-state index in [0.29, 0.717) is 0 Å². The molecule has 11 rings (SSSR count). The van der Waals surface area contributed by atoms with E-state index in [0.717, 1.165) is 0 Å². The SMILES string of the molecule is c1ccc2c(c1)sc1c(-c3c4ccccc4c(-c4ccc5sc6c7ccccc7c7ccccc7c6c5c4)c4ccccc34)cccc12. The Hall–Kier alpha value is -5.54. The molecule has 11 aromatic rings. The lowest BCUT2D eigenvalue weighted by atomic mass is 9.85. The smallest absolute Gasteiger partial charge is 0.0440 e. The second kappa shape index (κ2) is 9.98. The minimum absolute atomic E-state index is 1.26. The maximum absolute atomic E-state index is 2.47. The van der Waals surface area contributed by atoms with Crippen molar-refractivity contribution < 1.29 is 0 Å². The van der Waals surface area contributed by atoms with Crippen molar-refractivity contribution in [1.82, 2.24) is 0 Å². The van der Waals surface area contributed by atoms with Gasteiger partial charge >= 0.3 is 0 Å². The van der Waals surface area contributed by atoms with E-state index >= 15 is 0 Å². The monoisotopic (exact) mass is 642 g/mol. The lowest BCUT2D eigenvalue weighted by Crippen LogP contribution is -1.91. The highest BCUT2D eigenvalue weighted by Crippen LogP contribution is 2.49. The number of rotatable bonds is 2. The van der Waals surface area contributed by atoms with Gasteiger partial charge in [-0.3, -0.25) is 0 Å². The average molecular weight is 643 g/mol. The summed E-state index contributed by atoms with van der Waals surface area (Å²) in [5.41, 5.74) is 5.20. The fourth-order valence-electron chi connectivity index (χ4n) is 8.24. The van der Waals surface area contributed by atoms with Crippen LogP contribution in [0.2, 0.25) is 0 Å². The number of fused-ring (bicyclic) bond motifs is 13. The molecule has 0 bridgehead atoms. The van der Waals surface area contributed by atoms with Gasteiger partial charge in [0.2, 0.25) is 0 Å². The molecule has 0 atom stereocenters. The van der Waals surface area contributed by atoms with E-state index in [9.17, 15) is 0 Å². The first-order chi connectivity index (χ1) is 23.8. The van der Waals surface area contributed by atoms with Crippen LogP contribution in [0.5, 0.6) is 0 Å². The largest absolute Gasteiger partial charge is 0.135 e. The van der Waals surface area contributed by atoms with Crippen LogP contribution in [-0.4, -0.2) is 0 Å². The molecule has 0 aliphatic heterocycles. The van der Waals surface area contributed by atoms with Gasteiger partial charge in [0.25, 0.3) is 0 Å². The topological polar surface area (TPSA) is 0 Å². The molecule has 0 amide bonds. The number of hydrogen-bond donors (Lipinski definition) is 0. The molecule has 2 aromatic heterocycles. The van der Waals surface area contributed by atoms with Crippen LogP contribution in [0.3, 0.4) is 0 Å². The third kappa shape index (κ3) is 3.59.